The van der Waals surface area contributed by atoms with Crippen LogP contribution in [0.1, 0.15) is 43.6 Å². The Morgan fingerprint density at radius 3 is 2.76 bits per heavy atom. The normalized spacial score (nSPS) is 20.6. The molecule has 1 saturated carbocycles. The average Bonchev–Trinajstić information content (AvgIpc) is 2.78. The van der Waals surface area contributed by atoms with E-state index in [4.69, 9.17) is 0 Å². The number of fused-ring (bicyclic) bond motifs is 1. The zero-order chi connectivity index (χ0) is 15.0. The molecule has 2 N–H and O–H groups in total. The first-order valence-electron chi connectivity index (χ1n) is 7.24. The van der Waals surface area contributed by atoms with Gasteiger partial charge in [-0.1, -0.05) is 38.5 Å². The summed E-state index contributed by atoms with van der Waals surface area (Å²) in [4.78, 5) is 11.5. The first kappa shape index (κ1) is 13.8. The first-order valence-corrected chi connectivity index (χ1v) is 7.24. The highest BCUT2D eigenvalue weighted by Crippen LogP contribution is 2.40. The van der Waals surface area contributed by atoms with Crippen molar-refractivity contribution >= 4 is 22.6 Å². The van der Waals surface area contributed by atoms with Gasteiger partial charge in [0, 0.05) is 11.4 Å². The molecule has 1 fully saturated rings. The largest absolute Gasteiger partial charge is 0.476 e. The van der Waals surface area contributed by atoms with E-state index < -0.39 is 5.97 Å². The minimum Gasteiger partial charge on any atom is -0.476 e. The zero-order valence-electron chi connectivity index (χ0n) is 12.3. The Hall–Kier alpha value is -2.17. The Labute approximate surface area is 123 Å². The first-order chi connectivity index (χ1) is 9.99. The van der Waals surface area contributed by atoms with Gasteiger partial charge in [-0.2, -0.15) is 0 Å². The number of rotatable bonds is 3. The molecule has 0 saturated heterocycles. The van der Waals surface area contributed by atoms with Gasteiger partial charge >= 0.3 is 5.97 Å². The zero-order valence-corrected chi connectivity index (χ0v) is 12.3. The minimum absolute atomic E-state index is 0.00333. The lowest BCUT2D eigenvalue weighted by atomic mass is 9.87. The molecule has 110 valence electrons. The number of nitrogens with one attached hydrogen (secondary N) is 1. The van der Waals surface area contributed by atoms with Crippen molar-refractivity contribution in [2.45, 2.75) is 39.2 Å². The van der Waals surface area contributed by atoms with E-state index in [0.717, 1.165) is 24.6 Å². The van der Waals surface area contributed by atoms with Gasteiger partial charge in [0.1, 0.15) is 0 Å². The van der Waals surface area contributed by atoms with Crippen LogP contribution in [-0.2, 0) is 0 Å². The number of carbonyl (C=O) groups is 1. The van der Waals surface area contributed by atoms with Gasteiger partial charge in [0.05, 0.1) is 11.2 Å². The van der Waals surface area contributed by atoms with Crippen LogP contribution in [0.4, 0.5) is 5.69 Å². The Morgan fingerprint density at radius 2 is 2.10 bits per heavy atom. The van der Waals surface area contributed by atoms with E-state index in [2.05, 4.69) is 29.4 Å². The van der Waals surface area contributed by atoms with Crippen molar-refractivity contribution in [2.24, 2.45) is 5.41 Å². The molecule has 1 atom stereocenters. The van der Waals surface area contributed by atoms with Gasteiger partial charge < -0.3 is 10.4 Å². The summed E-state index contributed by atoms with van der Waals surface area (Å²) in [5.41, 5.74) is 1.45. The third-order valence-electron chi connectivity index (χ3n) is 4.45. The van der Waals surface area contributed by atoms with Crippen LogP contribution in [0, 0.1) is 5.41 Å². The molecular weight excluding hydrogens is 266 g/mol. The monoisotopic (exact) mass is 285 g/mol. The summed E-state index contributed by atoms with van der Waals surface area (Å²) >= 11 is 0. The number of nitrogens with zero attached hydrogens (tertiary/aromatic N) is 2. The third kappa shape index (κ3) is 2.44. The summed E-state index contributed by atoms with van der Waals surface area (Å²) < 4.78 is 0. The van der Waals surface area contributed by atoms with Crippen LogP contribution >= 0.6 is 0 Å². The molecule has 0 spiro atoms. The maximum atomic E-state index is 11.5. The van der Waals surface area contributed by atoms with Gasteiger partial charge in [0.25, 0.3) is 0 Å². The van der Waals surface area contributed by atoms with Crippen molar-refractivity contribution in [1.82, 2.24) is 10.2 Å². The van der Waals surface area contributed by atoms with Crippen LogP contribution in [-0.4, -0.2) is 27.3 Å². The van der Waals surface area contributed by atoms with Crippen molar-refractivity contribution < 1.29 is 9.90 Å². The topological polar surface area (TPSA) is 75.1 Å². The predicted molar refractivity (Wildman–Crippen MR) is 81.5 cm³/mol. The fraction of sp³-hybridized carbons (Fsp3) is 0.438. The molecule has 0 aliphatic heterocycles. The molecule has 21 heavy (non-hydrogen) atoms. The van der Waals surface area contributed by atoms with Gasteiger partial charge in [-0.3, -0.25) is 0 Å². The summed E-state index contributed by atoms with van der Waals surface area (Å²) in [6.45, 7) is 4.43. The van der Waals surface area contributed by atoms with Gasteiger partial charge in [-0.05, 0) is 24.3 Å². The lowest BCUT2D eigenvalue weighted by molar-refractivity contribution is 0.0690. The van der Waals surface area contributed by atoms with Crippen molar-refractivity contribution in [2.75, 3.05) is 5.32 Å². The molecule has 2 aromatic rings. The summed E-state index contributed by atoms with van der Waals surface area (Å²) in [6, 6.07) is 7.75. The molecule has 3 rings (SSSR count). The maximum Gasteiger partial charge on any atom is 0.358 e. The van der Waals surface area contributed by atoms with Gasteiger partial charge in [0.15, 0.2) is 5.69 Å². The van der Waals surface area contributed by atoms with Crippen LogP contribution in [0.5, 0.6) is 0 Å². The number of hydrogen-bond acceptors (Lipinski definition) is 4. The summed E-state index contributed by atoms with van der Waals surface area (Å²) in [5.74, 6) is -1.05. The quantitative estimate of drug-likeness (QED) is 0.904. The highest BCUT2D eigenvalue weighted by atomic mass is 16.4. The number of carboxylic acids is 1. The van der Waals surface area contributed by atoms with E-state index in [1.165, 1.54) is 0 Å². The van der Waals surface area contributed by atoms with Crippen LogP contribution in [0.15, 0.2) is 24.3 Å². The lowest BCUT2D eigenvalue weighted by Crippen LogP contribution is -2.31. The highest BCUT2D eigenvalue weighted by molar-refractivity contribution is 6.02. The fourth-order valence-electron chi connectivity index (χ4n) is 3.12. The second-order valence-electron chi connectivity index (χ2n) is 6.32. The minimum atomic E-state index is -1.05. The standard InChI is InChI=1S/C16H19N3O2/c1-16(2)9-5-8-12(16)17-13-10-6-3-4-7-11(10)18-19-14(13)15(20)21/h3-4,6-7,12H,5,8-9H2,1-2H3,(H,17,18)(H,20,21). The van der Waals surface area contributed by atoms with E-state index in [1.54, 1.807) is 0 Å². The van der Waals surface area contributed by atoms with E-state index >= 15 is 0 Å². The van der Waals surface area contributed by atoms with Crippen molar-refractivity contribution in [1.29, 1.82) is 0 Å². The molecule has 1 aromatic heterocycles. The molecular formula is C16H19N3O2. The van der Waals surface area contributed by atoms with Crippen LogP contribution < -0.4 is 5.32 Å². The highest BCUT2D eigenvalue weighted by Gasteiger charge is 2.35. The van der Waals surface area contributed by atoms with Crippen LogP contribution in [0.25, 0.3) is 10.9 Å². The van der Waals surface area contributed by atoms with Gasteiger partial charge in [-0.25, -0.2) is 4.79 Å². The van der Waals surface area contributed by atoms with Crippen molar-refractivity contribution in [3.05, 3.63) is 30.0 Å². The Bertz CT molecular complexity index is 697. The molecule has 5 heteroatoms. The summed E-state index contributed by atoms with van der Waals surface area (Å²) in [7, 11) is 0. The number of aromatic nitrogens is 2. The molecule has 1 aliphatic rings. The number of benzene rings is 1. The average molecular weight is 285 g/mol. The van der Waals surface area contributed by atoms with E-state index in [-0.39, 0.29) is 17.2 Å². The Morgan fingerprint density at radius 1 is 1.33 bits per heavy atom. The molecule has 1 aliphatic carbocycles. The Balaban J connectivity index is 2.10. The number of carboxylic acid groups (broad SMARTS) is 1. The smallest absolute Gasteiger partial charge is 0.358 e. The third-order valence-corrected chi connectivity index (χ3v) is 4.45. The second-order valence-corrected chi connectivity index (χ2v) is 6.32. The van der Waals surface area contributed by atoms with Crippen LogP contribution in [0.2, 0.25) is 0 Å². The van der Waals surface area contributed by atoms with E-state index in [0.29, 0.717) is 11.2 Å². The summed E-state index contributed by atoms with van der Waals surface area (Å²) in [6.07, 6.45) is 3.34. The predicted octanol–water partition coefficient (Wildman–Crippen LogP) is 3.32. The van der Waals surface area contributed by atoms with E-state index in [9.17, 15) is 9.90 Å². The van der Waals surface area contributed by atoms with Crippen LogP contribution in [0.3, 0.4) is 0 Å². The molecule has 0 amide bonds. The maximum absolute atomic E-state index is 11.5. The van der Waals surface area contributed by atoms with Crippen molar-refractivity contribution in [3.63, 3.8) is 0 Å². The fourth-order valence-corrected chi connectivity index (χ4v) is 3.12. The lowest BCUT2D eigenvalue weighted by Gasteiger charge is -2.29. The van der Waals surface area contributed by atoms with Crippen molar-refractivity contribution in [3.8, 4) is 0 Å². The molecule has 0 radical (unpaired) electrons. The SMILES string of the molecule is CC1(C)CCCC1Nc1c(C(=O)O)nnc2ccccc12. The van der Waals surface area contributed by atoms with E-state index in [1.807, 2.05) is 24.3 Å². The number of hydrogen-bond donors (Lipinski definition) is 2. The molecule has 5 nitrogen and oxygen atoms in total. The number of anilines is 1. The summed E-state index contributed by atoms with van der Waals surface area (Å²) in [5, 5.41) is 21.5. The van der Waals surface area contributed by atoms with Gasteiger partial charge in [0.2, 0.25) is 0 Å². The van der Waals surface area contributed by atoms with Gasteiger partial charge in [-0.15, -0.1) is 10.2 Å². The molecule has 1 unspecified atom stereocenters. The molecule has 1 aromatic carbocycles. The second kappa shape index (κ2) is 4.98. The molecule has 1 heterocycles. The molecule has 0 bridgehead atoms. The Kier molecular flexibility index (Phi) is 3.27. The number of aromatic carboxylic acids is 1.